The SMILES string of the molecule is COc1ccc(C)cc1NC(=O)c1sc2cc(F)ccc2c1Cl. The van der Waals surface area contributed by atoms with Gasteiger partial charge in [-0.15, -0.1) is 11.3 Å². The van der Waals surface area contributed by atoms with Crippen LogP contribution in [-0.4, -0.2) is 13.0 Å². The molecular weight excluding hydrogens is 337 g/mol. The summed E-state index contributed by atoms with van der Waals surface area (Å²) in [4.78, 5) is 12.9. The summed E-state index contributed by atoms with van der Waals surface area (Å²) < 4.78 is 19.2. The number of nitrogens with one attached hydrogen (secondary N) is 1. The van der Waals surface area contributed by atoms with Gasteiger partial charge in [0.25, 0.3) is 5.91 Å². The van der Waals surface area contributed by atoms with Crippen LogP contribution in [0.25, 0.3) is 10.1 Å². The summed E-state index contributed by atoms with van der Waals surface area (Å²) in [5.41, 5.74) is 1.56. The van der Waals surface area contributed by atoms with Gasteiger partial charge >= 0.3 is 0 Å². The van der Waals surface area contributed by atoms with Crippen molar-refractivity contribution in [2.24, 2.45) is 0 Å². The standard InChI is InChI=1S/C17H13ClFNO2S/c1-9-3-6-13(22-2)12(7-9)20-17(21)16-15(18)11-5-4-10(19)8-14(11)23-16/h3-8H,1-2H3,(H,20,21). The summed E-state index contributed by atoms with van der Waals surface area (Å²) in [5, 5.41) is 3.80. The first-order valence-electron chi connectivity index (χ1n) is 6.83. The third-order valence-electron chi connectivity index (χ3n) is 3.40. The predicted octanol–water partition coefficient (Wildman–Crippen LogP) is 5.26. The van der Waals surface area contributed by atoms with Gasteiger partial charge in [0.2, 0.25) is 0 Å². The molecule has 0 spiro atoms. The Morgan fingerprint density at radius 1 is 1.26 bits per heavy atom. The van der Waals surface area contributed by atoms with Gasteiger partial charge in [0, 0.05) is 10.1 Å². The Labute approximate surface area is 141 Å². The number of benzene rings is 2. The number of carbonyl (C=O) groups is 1. The number of hydrogen-bond acceptors (Lipinski definition) is 3. The van der Waals surface area contributed by atoms with Crippen LogP contribution in [0.5, 0.6) is 5.75 Å². The minimum absolute atomic E-state index is 0.328. The van der Waals surface area contributed by atoms with Gasteiger partial charge in [0.15, 0.2) is 0 Å². The minimum Gasteiger partial charge on any atom is -0.495 e. The molecule has 1 N–H and O–H groups in total. The van der Waals surface area contributed by atoms with Crippen LogP contribution in [0.3, 0.4) is 0 Å². The highest BCUT2D eigenvalue weighted by molar-refractivity contribution is 7.21. The number of aryl methyl sites for hydroxylation is 1. The molecule has 0 radical (unpaired) electrons. The molecule has 1 aromatic heterocycles. The van der Waals surface area contributed by atoms with Crippen molar-refractivity contribution in [3.63, 3.8) is 0 Å². The first-order chi connectivity index (χ1) is 11.0. The fraction of sp³-hybridized carbons (Fsp3) is 0.118. The lowest BCUT2D eigenvalue weighted by Gasteiger charge is -2.10. The fourth-order valence-corrected chi connectivity index (χ4v) is 3.72. The molecule has 0 aliphatic rings. The zero-order valence-corrected chi connectivity index (χ0v) is 14.0. The van der Waals surface area contributed by atoms with E-state index in [0.717, 1.165) is 16.9 Å². The Kier molecular flexibility index (Phi) is 4.24. The Hall–Kier alpha value is -2.11. The Balaban J connectivity index is 1.98. The van der Waals surface area contributed by atoms with Crippen molar-refractivity contribution in [3.8, 4) is 5.75 Å². The van der Waals surface area contributed by atoms with Crippen LogP contribution in [0.1, 0.15) is 15.2 Å². The molecule has 0 aliphatic carbocycles. The lowest BCUT2D eigenvalue weighted by molar-refractivity contribution is 0.103. The molecular formula is C17H13ClFNO2S. The number of methoxy groups -OCH3 is 1. The molecule has 3 nitrogen and oxygen atoms in total. The summed E-state index contributed by atoms with van der Waals surface area (Å²) in [7, 11) is 1.54. The van der Waals surface area contributed by atoms with E-state index in [0.29, 0.717) is 31.4 Å². The van der Waals surface area contributed by atoms with Crippen LogP contribution < -0.4 is 10.1 Å². The number of fused-ring (bicyclic) bond motifs is 1. The van der Waals surface area contributed by atoms with E-state index in [1.165, 1.54) is 19.2 Å². The molecule has 1 heterocycles. The molecule has 1 amide bonds. The molecule has 0 unspecified atom stereocenters. The molecule has 6 heteroatoms. The molecule has 118 valence electrons. The van der Waals surface area contributed by atoms with Crippen molar-refractivity contribution in [1.29, 1.82) is 0 Å². The van der Waals surface area contributed by atoms with Gasteiger partial charge in [-0.2, -0.15) is 0 Å². The Bertz CT molecular complexity index is 907. The Morgan fingerprint density at radius 3 is 2.78 bits per heavy atom. The van der Waals surface area contributed by atoms with Gasteiger partial charge in [0.1, 0.15) is 16.4 Å². The number of anilines is 1. The molecule has 23 heavy (non-hydrogen) atoms. The normalized spacial score (nSPS) is 10.8. The van der Waals surface area contributed by atoms with E-state index in [-0.39, 0.29) is 11.7 Å². The van der Waals surface area contributed by atoms with E-state index in [1.807, 2.05) is 19.1 Å². The first kappa shape index (κ1) is 15.8. The van der Waals surface area contributed by atoms with E-state index < -0.39 is 0 Å². The quantitative estimate of drug-likeness (QED) is 0.700. The van der Waals surface area contributed by atoms with Crippen LogP contribution in [0, 0.1) is 12.7 Å². The number of amides is 1. The number of rotatable bonds is 3. The van der Waals surface area contributed by atoms with Crippen LogP contribution in [0.2, 0.25) is 5.02 Å². The second kappa shape index (κ2) is 6.18. The molecule has 0 atom stereocenters. The average molecular weight is 350 g/mol. The van der Waals surface area contributed by atoms with Crippen LogP contribution >= 0.6 is 22.9 Å². The van der Waals surface area contributed by atoms with Gasteiger partial charge < -0.3 is 10.1 Å². The molecule has 3 aromatic rings. The van der Waals surface area contributed by atoms with Crippen molar-refractivity contribution < 1.29 is 13.9 Å². The monoisotopic (exact) mass is 349 g/mol. The second-order valence-electron chi connectivity index (χ2n) is 5.04. The maximum absolute atomic E-state index is 13.3. The van der Waals surface area contributed by atoms with Crippen molar-refractivity contribution in [2.45, 2.75) is 6.92 Å². The number of ether oxygens (including phenoxy) is 1. The molecule has 2 aromatic carbocycles. The highest BCUT2D eigenvalue weighted by Gasteiger charge is 2.18. The van der Waals surface area contributed by atoms with Gasteiger partial charge in [-0.3, -0.25) is 4.79 Å². The van der Waals surface area contributed by atoms with Crippen molar-refractivity contribution in [2.75, 3.05) is 12.4 Å². The molecule has 0 aliphatic heterocycles. The van der Waals surface area contributed by atoms with Gasteiger partial charge in [-0.05, 0) is 42.8 Å². The van der Waals surface area contributed by atoms with Gasteiger partial charge in [0.05, 0.1) is 17.8 Å². The Morgan fingerprint density at radius 2 is 2.04 bits per heavy atom. The first-order valence-corrected chi connectivity index (χ1v) is 8.02. The average Bonchev–Trinajstić information content (AvgIpc) is 2.84. The summed E-state index contributed by atoms with van der Waals surface area (Å²) in [6, 6.07) is 9.77. The summed E-state index contributed by atoms with van der Waals surface area (Å²) >= 11 is 7.43. The second-order valence-corrected chi connectivity index (χ2v) is 6.47. The highest BCUT2D eigenvalue weighted by Crippen LogP contribution is 2.36. The number of carbonyl (C=O) groups excluding carboxylic acids is 1. The minimum atomic E-state index is -0.359. The third-order valence-corrected chi connectivity index (χ3v) is 5.06. The summed E-state index contributed by atoms with van der Waals surface area (Å²) in [5.74, 6) is -0.143. The van der Waals surface area contributed by atoms with E-state index in [9.17, 15) is 9.18 Å². The zero-order chi connectivity index (χ0) is 16.6. The van der Waals surface area contributed by atoms with Crippen LogP contribution in [0.15, 0.2) is 36.4 Å². The molecule has 3 rings (SSSR count). The largest absolute Gasteiger partial charge is 0.495 e. The number of thiophene rings is 1. The zero-order valence-electron chi connectivity index (χ0n) is 12.4. The fourth-order valence-electron chi connectivity index (χ4n) is 2.28. The van der Waals surface area contributed by atoms with Crippen molar-refractivity contribution >= 4 is 44.6 Å². The molecule has 0 bridgehead atoms. The van der Waals surface area contributed by atoms with Gasteiger partial charge in [-0.25, -0.2) is 4.39 Å². The summed E-state index contributed by atoms with van der Waals surface area (Å²) in [6.07, 6.45) is 0. The lowest BCUT2D eigenvalue weighted by atomic mass is 10.2. The molecule has 0 saturated heterocycles. The summed E-state index contributed by atoms with van der Waals surface area (Å²) in [6.45, 7) is 1.92. The van der Waals surface area contributed by atoms with Crippen molar-refractivity contribution in [3.05, 3.63) is 57.7 Å². The molecule has 0 saturated carbocycles. The topological polar surface area (TPSA) is 38.3 Å². The van der Waals surface area contributed by atoms with E-state index in [1.54, 1.807) is 12.1 Å². The predicted molar refractivity (Wildman–Crippen MR) is 92.5 cm³/mol. The van der Waals surface area contributed by atoms with Crippen LogP contribution in [-0.2, 0) is 0 Å². The molecule has 0 fully saturated rings. The van der Waals surface area contributed by atoms with E-state index in [2.05, 4.69) is 5.32 Å². The lowest BCUT2D eigenvalue weighted by Crippen LogP contribution is -2.11. The van der Waals surface area contributed by atoms with Crippen molar-refractivity contribution in [1.82, 2.24) is 0 Å². The third kappa shape index (κ3) is 3.02. The van der Waals surface area contributed by atoms with Gasteiger partial charge in [-0.1, -0.05) is 17.7 Å². The van der Waals surface area contributed by atoms with E-state index in [4.69, 9.17) is 16.3 Å². The number of hydrogen-bond donors (Lipinski definition) is 1. The van der Waals surface area contributed by atoms with Crippen LogP contribution in [0.4, 0.5) is 10.1 Å². The maximum Gasteiger partial charge on any atom is 0.267 e. The maximum atomic E-state index is 13.3. The highest BCUT2D eigenvalue weighted by atomic mass is 35.5. The van der Waals surface area contributed by atoms with E-state index >= 15 is 0 Å². The smallest absolute Gasteiger partial charge is 0.267 e. The number of halogens is 2.